The van der Waals surface area contributed by atoms with Gasteiger partial charge in [-0.25, -0.2) is 0 Å². The minimum absolute atomic E-state index is 0.128. The monoisotopic (exact) mass is 687 g/mol. The Morgan fingerprint density at radius 2 is 1.24 bits per heavy atom. The lowest BCUT2D eigenvalue weighted by molar-refractivity contribution is -0.138. The molecule has 6 amide bonds. The molecule has 10 N–H and O–H groups in total. The van der Waals surface area contributed by atoms with Crippen LogP contribution in [0.4, 0.5) is 0 Å². The minimum Gasteiger partial charge on any atom is -0.394 e. The molecule has 2 rings (SSSR count). The molecule has 3 unspecified atom stereocenters. The van der Waals surface area contributed by atoms with Crippen LogP contribution in [0.3, 0.4) is 0 Å². The third kappa shape index (κ3) is 11.9. The van der Waals surface area contributed by atoms with E-state index < -0.39 is 90.1 Å². The van der Waals surface area contributed by atoms with Gasteiger partial charge in [-0.2, -0.15) is 0 Å². The summed E-state index contributed by atoms with van der Waals surface area (Å²) in [6.45, 7) is 9.19. The highest BCUT2D eigenvalue weighted by molar-refractivity contribution is 5.98. The van der Waals surface area contributed by atoms with Crippen LogP contribution >= 0.6 is 0 Å². The van der Waals surface area contributed by atoms with Crippen molar-refractivity contribution in [3.05, 3.63) is 35.9 Å². The minimum atomic E-state index is -1.21. The smallest absolute Gasteiger partial charge is 0.243 e. The van der Waals surface area contributed by atoms with Gasteiger partial charge in [-0.05, 0) is 50.5 Å². The third-order valence-corrected chi connectivity index (χ3v) is 8.72. The lowest BCUT2D eigenvalue weighted by Gasteiger charge is -2.29. The van der Waals surface area contributed by atoms with Gasteiger partial charge in [-0.3, -0.25) is 33.6 Å². The Kier molecular flexibility index (Phi) is 15.8. The molecular formula is C34H53N7O8. The normalized spacial score (nSPS) is 19.5. The number of primary amides is 1. The van der Waals surface area contributed by atoms with E-state index in [2.05, 4.69) is 26.6 Å². The van der Waals surface area contributed by atoms with Gasteiger partial charge in [0.2, 0.25) is 35.4 Å². The second-order valence-electron chi connectivity index (χ2n) is 13.4. The summed E-state index contributed by atoms with van der Waals surface area (Å²) in [7, 11) is 0. The van der Waals surface area contributed by atoms with Crippen molar-refractivity contribution in [2.75, 3.05) is 6.61 Å². The first kappa shape index (κ1) is 40.8. The van der Waals surface area contributed by atoms with Crippen molar-refractivity contribution in [3.8, 4) is 0 Å². The maximum absolute atomic E-state index is 14.1. The summed E-state index contributed by atoms with van der Waals surface area (Å²) in [5.74, 6) is -6.29. The van der Waals surface area contributed by atoms with Gasteiger partial charge in [0, 0.05) is 11.8 Å². The van der Waals surface area contributed by atoms with E-state index in [1.54, 1.807) is 52.0 Å². The third-order valence-electron chi connectivity index (χ3n) is 8.72. The molecule has 0 bridgehead atoms. The first-order valence-corrected chi connectivity index (χ1v) is 16.7. The van der Waals surface area contributed by atoms with E-state index in [9.17, 15) is 33.6 Å². The highest BCUT2D eigenvalue weighted by Gasteiger charge is 2.42. The van der Waals surface area contributed by atoms with Crippen molar-refractivity contribution in [1.29, 1.82) is 0 Å². The molecule has 15 nitrogen and oxygen atoms in total. The highest BCUT2D eigenvalue weighted by Crippen LogP contribution is 2.34. The highest BCUT2D eigenvalue weighted by atomic mass is 16.3. The van der Waals surface area contributed by atoms with Crippen LogP contribution < -0.4 is 38.1 Å². The second kappa shape index (κ2) is 19.0. The fraction of sp³-hybridized carbons (Fsp3) is 0.618. The van der Waals surface area contributed by atoms with E-state index in [0.717, 1.165) is 5.56 Å². The van der Waals surface area contributed by atoms with Crippen molar-refractivity contribution in [1.82, 2.24) is 26.6 Å². The number of nitrogens with one attached hydrogen (secondary N) is 5. The van der Waals surface area contributed by atoms with Gasteiger partial charge in [-0.15, -0.1) is 0 Å². The summed E-state index contributed by atoms with van der Waals surface area (Å²) >= 11 is 0. The Morgan fingerprint density at radius 3 is 1.78 bits per heavy atom. The Morgan fingerprint density at radius 1 is 0.714 bits per heavy atom. The van der Waals surface area contributed by atoms with Gasteiger partial charge in [0.25, 0.3) is 0 Å². The van der Waals surface area contributed by atoms with Crippen LogP contribution in [0.5, 0.6) is 0 Å². The molecule has 0 heterocycles. The van der Waals surface area contributed by atoms with Gasteiger partial charge in [0.1, 0.15) is 30.2 Å². The molecule has 272 valence electrons. The van der Waals surface area contributed by atoms with Crippen LogP contribution in [0.1, 0.15) is 66.4 Å². The molecule has 15 heteroatoms. The number of ketones is 1. The van der Waals surface area contributed by atoms with Crippen molar-refractivity contribution in [2.24, 2.45) is 35.1 Å². The molecule has 1 aliphatic carbocycles. The van der Waals surface area contributed by atoms with E-state index in [-0.39, 0.29) is 24.0 Å². The number of aliphatic hydroxyl groups excluding tert-OH is 1. The largest absolute Gasteiger partial charge is 0.394 e. The standard InChI is InChI=1S/C34H53N7O8/c1-17(2)26(29(36)44)40-34(49)27(18(3)4)41-32(47)23-14-10-13-22(23)28(43)25(15-21-11-8-7-9-12-21)39-31(46)20(6)37-30(45)19(5)38-33(48)24(35)16-42/h7-9,11-12,17-20,22-27,42H,10,13-16,35H2,1-6H3,(H2,36,44)(H,37,45)(H,38,48)(H,39,46)(H,40,49)(H,41,47)/t19-,20-,22?,23?,24-,25?,26-,27-/m0/s1. The molecule has 0 aromatic heterocycles. The van der Waals surface area contributed by atoms with Gasteiger partial charge in [0.05, 0.1) is 12.6 Å². The van der Waals surface area contributed by atoms with Crippen molar-refractivity contribution < 1.29 is 38.7 Å². The molecule has 0 aliphatic heterocycles. The van der Waals surface area contributed by atoms with E-state index in [1.165, 1.54) is 13.8 Å². The number of carbonyl (C=O) groups is 7. The maximum Gasteiger partial charge on any atom is 0.243 e. The summed E-state index contributed by atoms with van der Waals surface area (Å²) in [6, 6.07) is 2.68. The molecule has 49 heavy (non-hydrogen) atoms. The topological polar surface area (TPSA) is 252 Å². The van der Waals surface area contributed by atoms with Crippen LogP contribution in [0, 0.1) is 23.7 Å². The molecule has 1 aromatic carbocycles. The Balaban J connectivity index is 2.21. The predicted octanol–water partition coefficient (Wildman–Crippen LogP) is -1.20. The van der Waals surface area contributed by atoms with Crippen LogP contribution in [0.15, 0.2) is 30.3 Å². The Labute approximate surface area is 287 Å². The SMILES string of the molecule is CC(C)[C@H](NC(=O)[C@@H](NC(=O)C1CCCC1C(=O)C(Cc1ccccc1)NC(=O)[C@H](C)NC(=O)[C@H](C)NC(=O)[C@@H](N)CO)C(C)C)C(N)=O. The van der Waals surface area contributed by atoms with Crippen LogP contribution in [0.25, 0.3) is 0 Å². The summed E-state index contributed by atoms with van der Waals surface area (Å²) in [4.78, 5) is 90.8. The van der Waals surface area contributed by atoms with E-state index >= 15 is 0 Å². The van der Waals surface area contributed by atoms with Crippen molar-refractivity contribution >= 4 is 41.2 Å². The summed E-state index contributed by atoms with van der Waals surface area (Å²) < 4.78 is 0. The molecule has 8 atom stereocenters. The molecule has 1 aromatic rings. The number of amides is 6. The molecule has 1 fully saturated rings. The number of hydrogen-bond acceptors (Lipinski definition) is 9. The zero-order valence-corrected chi connectivity index (χ0v) is 29.2. The molecule has 1 aliphatic rings. The first-order valence-electron chi connectivity index (χ1n) is 16.7. The van der Waals surface area contributed by atoms with E-state index in [1.807, 2.05) is 6.07 Å². The molecule has 0 saturated heterocycles. The number of hydrogen-bond donors (Lipinski definition) is 8. The quantitative estimate of drug-likeness (QED) is 0.0921. The second-order valence-corrected chi connectivity index (χ2v) is 13.4. The summed E-state index contributed by atoms with van der Waals surface area (Å²) in [5, 5.41) is 22.1. The summed E-state index contributed by atoms with van der Waals surface area (Å²) in [5.41, 5.74) is 11.7. The van der Waals surface area contributed by atoms with Gasteiger partial charge in [-0.1, -0.05) is 64.4 Å². The molecule has 0 spiro atoms. The predicted molar refractivity (Wildman–Crippen MR) is 181 cm³/mol. The lowest BCUT2D eigenvalue weighted by atomic mass is 9.85. The average molecular weight is 688 g/mol. The van der Waals surface area contributed by atoms with E-state index in [4.69, 9.17) is 16.6 Å². The zero-order chi connectivity index (χ0) is 37.0. The van der Waals surface area contributed by atoms with E-state index in [0.29, 0.717) is 19.3 Å². The number of nitrogens with two attached hydrogens (primary N) is 2. The Bertz CT molecular complexity index is 1340. The zero-order valence-electron chi connectivity index (χ0n) is 29.2. The summed E-state index contributed by atoms with van der Waals surface area (Å²) in [6.07, 6.45) is 1.50. The van der Waals surface area contributed by atoms with Gasteiger partial charge in [0.15, 0.2) is 5.78 Å². The molecular weight excluding hydrogens is 634 g/mol. The lowest BCUT2D eigenvalue weighted by Crippen LogP contribution is -2.57. The van der Waals surface area contributed by atoms with Crippen molar-refractivity contribution in [2.45, 2.75) is 103 Å². The molecule has 0 radical (unpaired) electrons. The number of Topliss-reactive ketones (excluding diaryl/α,β-unsaturated/α-hetero) is 1. The van der Waals surface area contributed by atoms with Gasteiger partial charge < -0.3 is 43.2 Å². The van der Waals surface area contributed by atoms with Crippen LogP contribution in [0.2, 0.25) is 0 Å². The number of benzene rings is 1. The average Bonchev–Trinajstić information content (AvgIpc) is 3.55. The fourth-order valence-corrected chi connectivity index (χ4v) is 5.72. The number of aliphatic hydroxyl groups is 1. The molecule has 1 saturated carbocycles. The van der Waals surface area contributed by atoms with Gasteiger partial charge >= 0.3 is 0 Å². The van der Waals surface area contributed by atoms with Crippen LogP contribution in [-0.4, -0.2) is 89.2 Å². The van der Waals surface area contributed by atoms with Crippen molar-refractivity contribution in [3.63, 3.8) is 0 Å². The first-order chi connectivity index (χ1) is 23.0. The maximum atomic E-state index is 14.1. The number of rotatable bonds is 18. The Hall–Kier alpha value is -4.37. The fourth-order valence-electron chi connectivity index (χ4n) is 5.72. The number of carbonyl (C=O) groups excluding carboxylic acids is 7. The van der Waals surface area contributed by atoms with Crippen LogP contribution in [-0.2, 0) is 40.0 Å².